The first-order valence-corrected chi connectivity index (χ1v) is 5.98. The summed E-state index contributed by atoms with van der Waals surface area (Å²) in [7, 11) is 2.04. The van der Waals surface area contributed by atoms with Crippen molar-refractivity contribution in [2.24, 2.45) is 0 Å². The van der Waals surface area contributed by atoms with Crippen LogP contribution in [-0.4, -0.2) is 41.5 Å². The highest BCUT2D eigenvalue weighted by Gasteiger charge is 2.32. The molecule has 0 saturated carbocycles. The van der Waals surface area contributed by atoms with Gasteiger partial charge in [0.25, 0.3) is 0 Å². The molecule has 3 heteroatoms. The number of aliphatic hydroxyl groups is 1. The van der Waals surface area contributed by atoms with E-state index < -0.39 is 5.60 Å². The minimum atomic E-state index is -0.709. The summed E-state index contributed by atoms with van der Waals surface area (Å²) in [5.74, 6) is 0.173. The molecule has 1 aliphatic rings. The zero-order valence-corrected chi connectivity index (χ0v) is 10.5. The van der Waals surface area contributed by atoms with E-state index in [2.05, 4.69) is 4.90 Å². The Morgan fingerprint density at radius 1 is 1.33 bits per heavy atom. The summed E-state index contributed by atoms with van der Waals surface area (Å²) in [6.45, 7) is 7.64. The monoisotopic (exact) mass is 215 g/mol. The average molecular weight is 215 g/mol. The zero-order valence-electron chi connectivity index (χ0n) is 10.5. The number of piperidine rings is 1. The second-order valence-electron chi connectivity index (χ2n) is 4.10. The Labute approximate surface area is 93.5 Å². The van der Waals surface area contributed by atoms with E-state index in [9.17, 15) is 9.90 Å². The zero-order chi connectivity index (χ0) is 11.9. The second kappa shape index (κ2) is 6.96. The maximum Gasteiger partial charge on any atom is 0.135 e. The van der Waals surface area contributed by atoms with Crippen molar-refractivity contribution in [1.82, 2.24) is 4.90 Å². The first-order valence-electron chi connectivity index (χ1n) is 5.98. The lowest BCUT2D eigenvalue weighted by atomic mass is 9.86. The van der Waals surface area contributed by atoms with Crippen LogP contribution in [0.5, 0.6) is 0 Å². The first-order chi connectivity index (χ1) is 7.06. The number of Topliss-reactive ketones (excluding diaryl/α,β-unsaturated/α-hetero) is 1. The Morgan fingerprint density at radius 2 is 1.80 bits per heavy atom. The predicted octanol–water partition coefficient (Wildman–Crippen LogP) is 1.84. The fourth-order valence-electron chi connectivity index (χ4n) is 1.70. The van der Waals surface area contributed by atoms with E-state index in [0.717, 1.165) is 25.9 Å². The Kier molecular flexibility index (Phi) is 6.77. The highest BCUT2D eigenvalue weighted by atomic mass is 16.3. The van der Waals surface area contributed by atoms with Gasteiger partial charge in [-0.1, -0.05) is 20.8 Å². The highest BCUT2D eigenvalue weighted by molar-refractivity contribution is 5.79. The van der Waals surface area contributed by atoms with Crippen molar-refractivity contribution < 1.29 is 9.90 Å². The lowest BCUT2D eigenvalue weighted by molar-refractivity contribution is -0.125. The van der Waals surface area contributed by atoms with Gasteiger partial charge in [0.1, 0.15) is 5.78 Å². The van der Waals surface area contributed by atoms with Crippen LogP contribution < -0.4 is 0 Å². The van der Waals surface area contributed by atoms with Gasteiger partial charge in [-0.05, 0) is 19.9 Å². The molecule has 0 amide bonds. The SMILES string of the molecule is CC.CCC(=O)CC1(O)CCN(C)CC1. The molecule has 0 aromatic carbocycles. The third-order valence-electron chi connectivity index (χ3n) is 2.84. The molecule has 0 aliphatic carbocycles. The van der Waals surface area contributed by atoms with Crippen molar-refractivity contribution in [1.29, 1.82) is 0 Å². The number of carbonyl (C=O) groups is 1. The van der Waals surface area contributed by atoms with E-state index in [0.29, 0.717) is 12.8 Å². The van der Waals surface area contributed by atoms with E-state index in [1.807, 2.05) is 27.8 Å². The van der Waals surface area contributed by atoms with Gasteiger partial charge >= 0.3 is 0 Å². The largest absolute Gasteiger partial charge is 0.389 e. The van der Waals surface area contributed by atoms with Crippen LogP contribution >= 0.6 is 0 Å². The van der Waals surface area contributed by atoms with Crippen molar-refractivity contribution in [2.45, 2.75) is 52.1 Å². The van der Waals surface area contributed by atoms with Crippen LogP contribution in [0.25, 0.3) is 0 Å². The first kappa shape index (κ1) is 14.6. The molecule has 0 bridgehead atoms. The summed E-state index contributed by atoms with van der Waals surface area (Å²) >= 11 is 0. The van der Waals surface area contributed by atoms with Crippen molar-refractivity contribution in [3.63, 3.8) is 0 Å². The molecule has 15 heavy (non-hydrogen) atoms. The van der Waals surface area contributed by atoms with Gasteiger partial charge in [-0.25, -0.2) is 0 Å². The van der Waals surface area contributed by atoms with Crippen LogP contribution in [-0.2, 0) is 4.79 Å². The number of carbonyl (C=O) groups excluding carboxylic acids is 1. The molecule has 0 radical (unpaired) electrons. The van der Waals surface area contributed by atoms with Crippen molar-refractivity contribution >= 4 is 5.78 Å². The maximum absolute atomic E-state index is 11.2. The quantitative estimate of drug-likeness (QED) is 0.781. The molecule has 90 valence electrons. The molecule has 1 fully saturated rings. The third-order valence-corrected chi connectivity index (χ3v) is 2.84. The van der Waals surface area contributed by atoms with Gasteiger partial charge in [-0.15, -0.1) is 0 Å². The van der Waals surface area contributed by atoms with E-state index in [-0.39, 0.29) is 5.78 Å². The molecule has 0 aromatic rings. The number of ketones is 1. The number of hydrogen-bond donors (Lipinski definition) is 1. The molecule has 3 nitrogen and oxygen atoms in total. The number of likely N-dealkylation sites (tertiary alicyclic amines) is 1. The topological polar surface area (TPSA) is 40.5 Å². The molecule has 1 N–H and O–H groups in total. The lowest BCUT2D eigenvalue weighted by Crippen LogP contribution is -2.43. The van der Waals surface area contributed by atoms with Crippen LogP contribution in [0.1, 0.15) is 46.5 Å². The minimum absolute atomic E-state index is 0.173. The summed E-state index contributed by atoms with van der Waals surface area (Å²) in [5, 5.41) is 10.0. The van der Waals surface area contributed by atoms with Gasteiger partial charge in [0.15, 0.2) is 0 Å². The predicted molar refractivity (Wildman–Crippen MR) is 62.9 cm³/mol. The van der Waals surface area contributed by atoms with Crippen molar-refractivity contribution in [3.05, 3.63) is 0 Å². The Morgan fingerprint density at radius 3 is 2.20 bits per heavy atom. The molecular weight excluding hydrogens is 190 g/mol. The Bertz CT molecular complexity index is 184. The smallest absolute Gasteiger partial charge is 0.135 e. The average Bonchev–Trinajstić information content (AvgIpc) is 2.25. The molecule has 1 aliphatic heterocycles. The van der Waals surface area contributed by atoms with Gasteiger partial charge in [-0.2, -0.15) is 0 Å². The third kappa shape index (κ3) is 5.28. The van der Waals surface area contributed by atoms with Gasteiger partial charge in [0, 0.05) is 25.9 Å². The molecule has 0 aromatic heterocycles. The molecule has 0 spiro atoms. The summed E-state index contributed by atoms with van der Waals surface area (Å²) in [6.07, 6.45) is 2.35. The van der Waals surface area contributed by atoms with Crippen molar-refractivity contribution in [2.75, 3.05) is 20.1 Å². The van der Waals surface area contributed by atoms with E-state index in [1.54, 1.807) is 0 Å². The summed E-state index contributed by atoms with van der Waals surface area (Å²) in [5.41, 5.74) is -0.709. The lowest BCUT2D eigenvalue weighted by Gasteiger charge is -2.36. The Hall–Kier alpha value is -0.410. The van der Waals surface area contributed by atoms with Gasteiger partial charge in [-0.3, -0.25) is 4.79 Å². The number of hydrogen-bond acceptors (Lipinski definition) is 3. The standard InChI is InChI=1S/C10H19NO2.C2H6/c1-3-9(12)8-10(13)4-6-11(2)7-5-10;1-2/h13H,3-8H2,1-2H3;1-2H3. The molecule has 1 saturated heterocycles. The normalized spacial score (nSPS) is 20.3. The van der Waals surface area contributed by atoms with E-state index >= 15 is 0 Å². The van der Waals surface area contributed by atoms with Gasteiger partial charge < -0.3 is 10.0 Å². The summed E-state index contributed by atoms with van der Waals surface area (Å²) in [4.78, 5) is 13.4. The minimum Gasteiger partial charge on any atom is -0.389 e. The van der Waals surface area contributed by atoms with Crippen LogP contribution in [0.2, 0.25) is 0 Å². The van der Waals surface area contributed by atoms with Crippen LogP contribution in [0.4, 0.5) is 0 Å². The molecule has 1 rings (SSSR count). The number of nitrogens with zero attached hydrogens (tertiary/aromatic N) is 1. The number of rotatable bonds is 3. The summed E-state index contributed by atoms with van der Waals surface area (Å²) in [6, 6.07) is 0. The van der Waals surface area contributed by atoms with E-state index in [4.69, 9.17) is 0 Å². The van der Waals surface area contributed by atoms with Crippen molar-refractivity contribution in [3.8, 4) is 0 Å². The van der Waals surface area contributed by atoms with Gasteiger partial charge in [0.05, 0.1) is 5.60 Å². The highest BCUT2D eigenvalue weighted by Crippen LogP contribution is 2.25. The van der Waals surface area contributed by atoms with Crippen LogP contribution in [0.3, 0.4) is 0 Å². The fourth-order valence-corrected chi connectivity index (χ4v) is 1.70. The van der Waals surface area contributed by atoms with Crippen LogP contribution in [0, 0.1) is 0 Å². The van der Waals surface area contributed by atoms with Gasteiger partial charge in [0.2, 0.25) is 0 Å². The fraction of sp³-hybridized carbons (Fsp3) is 0.917. The van der Waals surface area contributed by atoms with E-state index in [1.165, 1.54) is 0 Å². The molecule has 0 atom stereocenters. The molecule has 1 heterocycles. The van der Waals surface area contributed by atoms with Crippen LogP contribution in [0.15, 0.2) is 0 Å². The second-order valence-corrected chi connectivity index (χ2v) is 4.10. The molecule has 0 unspecified atom stereocenters. The summed E-state index contributed by atoms with van der Waals surface area (Å²) < 4.78 is 0. The maximum atomic E-state index is 11.2. The Balaban J connectivity index is 0.000000921. The molecular formula is C12H25NO2.